The fraction of sp³-hybridized carbons (Fsp3) is 0.370. The number of aromatic nitrogens is 2. The number of hydrogen-bond acceptors (Lipinski definition) is 4. The minimum atomic E-state index is 0.123. The maximum absolute atomic E-state index is 13.2. The molecule has 4 rings (SSSR count). The molecule has 0 saturated carbocycles. The number of carbonyl (C=O) groups is 1. The maximum Gasteiger partial charge on any atom is 0.254 e. The Morgan fingerprint density at radius 3 is 2.31 bits per heavy atom. The van der Waals surface area contributed by atoms with E-state index in [0.717, 1.165) is 60.1 Å². The smallest absolute Gasteiger partial charge is 0.254 e. The summed E-state index contributed by atoms with van der Waals surface area (Å²) in [6.07, 6.45) is 0.916. The number of carbonyl (C=O) groups excluding carboxylic acids is 1. The lowest BCUT2D eigenvalue weighted by atomic mass is 10.0. The molecule has 0 atom stereocenters. The van der Waals surface area contributed by atoms with Crippen LogP contribution in [0.3, 0.4) is 0 Å². The van der Waals surface area contributed by atoms with Crippen molar-refractivity contribution in [1.29, 1.82) is 0 Å². The molecule has 1 aromatic heterocycles. The molecule has 166 valence electrons. The molecule has 1 aliphatic heterocycles. The quantitative estimate of drug-likeness (QED) is 0.570. The van der Waals surface area contributed by atoms with E-state index in [1.54, 1.807) is 0 Å². The van der Waals surface area contributed by atoms with Crippen molar-refractivity contribution < 1.29 is 4.79 Å². The van der Waals surface area contributed by atoms with Crippen LogP contribution in [0.4, 0.5) is 5.82 Å². The van der Waals surface area contributed by atoms with Crippen molar-refractivity contribution in [2.75, 3.05) is 31.1 Å². The van der Waals surface area contributed by atoms with Crippen LogP contribution < -0.4 is 4.90 Å². The summed E-state index contributed by atoms with van der Waals surface area (Å²) in [5.74, 6) is 2.22. The molecule has 1 aliphatic rings. The molecule has 0 aliphatic carbocycles. The molecular weight excluding hydrogens is 396 g/mol. The number of rotatable bonds is 4. The first-order valence-corrected chi connectivity index (χ1v) is 11.5. The number of hydrogen-bond donors (Lipinski definition) is 0. The lowest BCUT2D eigenvalue weighted by Gasteiger charge is -2.27. The van der Waals surface area contributed by atoms with E-state index in [1.807, 2.05) is 54.3 Å². The average molecular weight is 429 g/mol. The molecule has 32 heavy (non-hydrogen) atoms. The first-order valence-electron chi connectivity index (χ1n) is 11.5. The molecule has 0 unspecified atom stereocenters. The normalized spacial score (nSPS) is 14.5. The van der Waals surface area contributed by atoms with E-state index >= 15 is 0 Å². The minimum absolute atomic E-state index is 0.123. The van der Waals surface area contributed by atoms with Gasteiger partial charge in [-0.15, -0.1) is 0 Å². The van der Waals surface area contributed by atoms with Crippen LogP contribution in [-0.4, -0.2) is 47.0 Å². The van der Waals surface area contributed by atoms with E-state index in [9.17, 15) is 4.79 Å². The highest BCUT2D eigenvalue weighted by atomic mass is 16.2. The standard InChI is InChI=1S/C27H32N4O/c1-19(2)24-21(4)28-25(22-12-6-5-7-13-22)29-26(24)30-15-10-16-31(18-17-30)27(32)23-14-9-8-11-20(23)3/h5-9,11-14,19H,10,15-18H2,1-4H3. The number of aryl methyl sites for hydroxylation is 2. The second kappa shape index (κ2) is 9.51. The Morgan fingerprint density at radius 1 is 0.875 bits per heavy atom. The summed E-state index contributed by atoms with van der Waals surface area (Å²) in [6.45, 7) is 11.6. The zero-order valence-electron chi connectivity index (χ0n) is 19.5. The summed E-state index contributed by atoms with van der Waals surface area (Å²) in [7, 11) is 0. The van der Waals surface area contributed by atoms with Crippen molar-refractivity contribution >= 4 is 11.7 Å². The van der Waals surface area contributed by atoms with Gasteiger partial charge in [0.05, 0.1) is 0 Å². The zero-order chi connectivity index (χ0) is 22.7. The molecule has 5 heteroatoms. The van der Waals surface area contributed by atoms with E-state index in [2.05, 4.69) is 37.8 Å². The van der Waals surface area contributed by atoms with Gasteiger partial charge in [-0.05, 0) is 37.8 Å². The molecule has 0 N–H and O–H groups in total. The van der Waals surface area contributed by atoms with Crippen LogP contribution >= 0.6 is 0 Å². The number of anilines is 1. The molecule has 2 aromatic carbocycles. The van der Waals surface area contributed by atoms with Gasteiger partial charge in [0.1, 0.15) is 5.82 Å². The van der Waals surface area contributed by atoms with Gasteiger partial charge in [-0.1, -0.05) is 62.4 Å². The molecule has 0 spiro atoms. The summed E-state index contributed by atoms with van der Waals surface area (Å²) in [5, 5.41) is 0. The summed E-state index contributed by atoms with van der Waals surface area (Å²) < 4.78 is 0. The van der Waals surface area contributed by atoms with Gasteiger partial charge in [0.2, 0.25) is 0 Å². The summed E-state index contributed by atoms with van der Waals surface area (Å²) >= 11 is 0. The molecule has 1 amide bonds. The van der Waals surface area contributed by atoms with Gasteiger partial charge < -0.3 is 9.80 Å². The highest BCUT2D eigenvalue weighted by Crippen LogP contribution is 2.31. The second-order valence-electron chi connectivity index (χ2n) is 8.84. The summed E-state index contributed by atoms with van der Waals surface area (Å²) in [4.78, 5) is 27.4. The third-order valence-corrected chi connectivity index (χ3v) is 6.18. The molecule has 2 heterocycles. The fourth-order valence-corrected chi connectivity index (χ4v) is 4.52. The van der Waals surface area contributed by atoms with Gasteiger partial charge in [0.15, 0.2) is 5.82 Å². The zero-order valence-corrected chi connectivity index (χ0v) is 19.5. The molecule has 1 fully saturated rings. The minimum Gasteiger partial charge on any atom is -0.354 e. The molecule has 1 saturated heterocycles. The van der Waals surface area contributed by atoms with E-state index in [-0.39, 0.29) is 5.91 Å². The lowest BCUT2D eigenvalue weighted by molar-refractivity contribution is 0.0766. The number of nitrogens with zero attached hydrogens (tertiary/aromatic N) is 4. The lowest BCUT2D eigenvalue weighted by Crippen LogP contribution is -2.36. The molecule has 5 nitrogen and oxygen atoms in total. The third-order valence-electron chi connectivity index (χ3n) is 6.18. The monoisotopic (exact) mass is 428 g/mol. The van der Waals surface area contributed by atoms with Crippen molar-refractivity contribution in [1.82, 2.24) is 14.9 Å². The summed E-state index contributed by atoms with van der Waals surface area (Å²) in [5.41, 5.74) is 5.08. The van der Waals surface area contributed by atoms with Gasteiger partial charge in [-0.2, -0.15) is 0 Å². The van der Waals surface area contributed by atoms with E-state index in [4.69, 9.17) is 9.97 Å². The van der Waals surface area contributed by atoms with Crippen molar-refractivity contribution in [3.8, 4) is 11.4 Å². The second-order valence-corrected chi connectivity index (χ2v) is 8.84. The molecule has 3 aromatic rings. The van der Waals surface area contributed by atoms with Crippen LogP contribution in [0, 0.1) is 13.8 Å². The molecule has 0 bridgehead atoms. The van der Waals surface area contributed by atoms with Gasteiger partial charge >= 0.3 is 0 Å². The third kappa shape index (κ3) is 4.52. The van der Waals surface area contributed by atoms with Crippen molar-refractivity contribution in [3.63, 3.8) is 0 Å². The Hall–Kier alpha value is -3.21. The van der Waals surface area contributed by atoms with Crippen LogP contribution in [0.25, 0.3) is 11.4 Å². The maximum atomic E-state index is 13.2. The van der Waals surface area contributed by atoms with Crippen LogP contribution in [0.1, 0.15) is 53.4 Å². The fourth-order valence-electron chi connectivity index (χ4n) is 4.52. The molecule has 0 radical (unpaired) electrons. The van der Waals surface area contributed by atoms with Crippen molar-refractivity contribution in [2.45, 2.75) is 40.0 Å². The van der Waals surface area contributed by atoms with E-state index in [1.165, 1.54) is 5.56 Å². The van der Waals surface area contributed by atoms with E-state index in [0.29, 0.717) is 12.5 Å². The van der Waals surface area contributed by atoms with Crippen molar-refractivity contribution in [3.05, 3.63) is 77.0 Å². The van der Waals surface area contributed by atoms with Gasteiger partial charge in [0, 0.05) is 48.6 Å². The van der Waals surface area contributed by atoms with Crippen LogP contribution in [0.5, 0.6) is 0 Å². The van der Waals surface area contributed by atoms with Crippen LogP contribution in [0.15, 0.2) is 54.6 Å². The first-order chi connectivity index (χ1) is 15.5. The highest BCUT2D eigenvalue weighted by Gasteiger charge is 2.25. The largest absolute Gasteiger partial charge is 0.354 e. The average Bonchev–Trinajstić information content (AvgIpc) is 3.05. The van der Waals surface area contributed by atoms with Gasteiger partial charge in [-0.3, -0.25) is 4.79 Å². The van der Waals surface area contributed by atoms with Crippen LogP contribution in [-0.2, 0) is 0 Å². The Morgan fingerprint density at radius 2 is 1.59 bits per heavy atom. The number of benzene rings is 2. The van der Waals surface area contributed by atoms with Crippen molar-refractivity contribution in [2.24, 2.45) is 0 Å². The van der Waals surface area contributed by atoms with E-state index < -0.39 is 0 Å². The first kappa shape index (κ1) is 22.0. The Kier molecular flexibility index (Phi) is 6.54. The predicted molar refractivity (Wildman–Crippen MR) is 130 cm³/mol. The number of amides is 1. The van der Waals surface area contributed by atoms with Gasteiger partial charge in [-0.25, -0.2) is 9.97 Å². The Balaban J connectivity index is 1.63. The topological polar surface area (TPSA) is 49.3 Å². The molecular formula is C27H32N4O. The summed E-state index contributed by atoms with van der Waals surface area (Å²) in [6, 6.07) is 18.0. The SMILES string of the molecule is Cc1ccccc1C(=O)N1CCCN(c2nc(-c3ccccc3)nc(C)c2C(C)C)CC1. The Labute approximate surface area is 191 Å². The van der Waals surface area contributed by atoms with Gasteiger partial charge in [0.25, 0.3) is 5.91 Å². The predicted octanol–water partition coefficient (Wildman–Crippen LogP) is 5.24. The van der Waals surface area contributed by atoms with Crippen LogP contribution in [0.2, 0.25) is 0 Å². The Bertz CT molecular complexity index is 1090. The highest BCUT2D eigenvalue weighted by molar-refractivity contribution is 5.95.